The Balaban J connectivity index is 3.46. The fraction of sp³-hybridized carbons (Fsp3) is 0.833. The summed E-state index contributed by atoms with van der Waals surface area (Å²) in [6.45, 7) is 6.50. The third-order valence-electron chi connectivity index (χ3n) is 3.63. The normalized spacial score (nSPS) is 14.0. The van der Waals surface area contributed by atoms with Crippen LogP contribution in [0.25, 0.3) is 0 Å². The number of hydrogen-bond donors (Lipinski definition) is 0. The van der Waals surface area contributed by atoms with Crippen molar-refractivity contribution in [1.82, 2.24) is 0 Å². The molecule has 0 rings (SSSR count). The molecular weight excluding hydrogens is 357 g/mol. The zero-order chi connectivity index (χ0) is 20.1. The number of ether oxygens (including phenoxy) is 1. The minimum atomic E-state index is -4.18. The summed E-state index contributed by atoms with van der Waals surface area (Å²) in [6.07, 6.45) is 6.65. The van der Waals surface area contributed by atoms with Gasteiger partial charge in [0.15, 0.2) is 0 Å². The van der Waals surface area contributed by atoms with Crippen LogP contribution in [0.4, 0.5) is 0 Å². The number of quaternary nitrogens is 1. The van der Waals surface area contributed by atoms with Gasteiger partial charge < -0.3 is 23.2 Å². The summed E-state index contributed by atoms with van der Waals surface area (Å²) < 4.78 is 26.9. The van der Waals surface area contributed by atoms with E-state index < -0.39 is 7.82 Å². The van der Waals surface area contributed by atoms with E-state index in [1.807, 2.05) is 21.1 Å². The van der Waals surface area contributed by atoms with Gasteiger partial charge in [-0.1, -0.05) is 38.7 Å². The lowest BCUT2D eigenvalue weighted by atomic mass is 10.1. The average Bonchev–Trinajstić information content (AvgIpc) is 2.50. The van der Waals surface area contributed by atoms with E-state index in [0.717, 1.165) is 38.5 Å². The van der Waals surface area contributed by atoms with Crippen molar-refractivity contribution < 1.29 is 32.5 Å². The van der Waals surface area contributed by atoms with Gasteiger partial charge in [0.25, 0.3) is 7.82 Å². The molecule has 0 bridgehead atoms. The van der Waals surface area contributed by atoms with Gasteiger partial charge >= 0.3 is 5.97 Å². The van der Waals surface area contributed by atoms with Gasteiger partial charge in [-0.25, -0.2) is 4.79 Å². The zero-order valence-electron chi connectivity index (χ0n) is 16.8. The lowest BCUT2D eigenvalue weighted by molar-refractivity contribution is -0.870. The van der Waals surface area contributed by atoms with Crippen molar-refractivity contribution in [3.8, 4) is 0 Å². The molecule has 0 heterocycles. The fourth-order valence-corrected chi connectivity index (χ4v) is 2.75. The SMILES string of the molecule is C=C(C)C(=O)OCCCCCCCCCOP(=O)([O-])OCC[N+](C)(C)C. The predicted octanol–water partition coefficient (Wildman–Crippen LogP) is 3.04. The van der Waals surface area contributed by atoms with Gasteiger partial charge in [0.2, 0.25) is 0 Å². The van der Waals surface area contributed by atoms with Crippen molar-refractivity contribution in [2.75, 3.05) is 47.5 Å². The number of phosphoric acid groups is 1. The number of nitrogens with zero attached hydrogens (tertiary/aromatic N) is 1. The van der Waals surface area contributed by atoms with E-state index in [1.165, 1.54) is 0 Å². The molecule has 7 nitrogen and oxygen atoms in total. The van der Waals surface area contributed by atoms with Crippen LogP contribution in [-0.2, 0) is 23.1 Å². The van der Waals surface area contributed by atoms with Gasteiger partial charge in [0.1, 0.15) is 13.2 Å². The van der Waals surface area contributed by atoms with Crippen molar-refractivity contribution in [1.29, 1.82) is 0 Å². The van der Waals surface area contributed by atoms with Crippen LogP contribution in [0, 0.1) is 0 Å². The number of esters is 1. The van der Waals surface area contributed by atoms with E-state index in [-0.39, 0.29) is 19.2 Å². The van der Waals surface area contributed by atoms with Gasteiger partial charge in [-0.15, -0.1) is 0 Å². The molecule has 0 aromatic rings. The number of carbonyl (C=O) groups excluding carboxylic acids is 1. The fourth-order valence-electron chi connectivity index (χ4n) is 2.02. The molecule has 0 amide bonds. The van der Waals surface area contributed by atoms with Crippen LogP contribution >= 0.6 is 7.82 Å². The molecule has 0 aromatic heterocycles. The Hall–Kier alpha value is -0.720. The van der Waals surface area contributed by atoms with Crippen molar-refractivity contribution in [2.24, 2.45) is 0 Å². The van der Waals surface area contributed by atoms with E-state index >= 15 is 0 Å². The highest BCUT2D eigenvalue weighted by atomic mass is 31.2. The molecule has 0 fully saturated rings. The van der Waals surface area contributed by atoms with Crippen molar-refractivity contribution >= 4 is 13.8 Å². The largest absolute Gasteiger partial charge is 0.756 e. The highest BCUT2D eigenvalue weighted by molar-refractivity contribution is 7.45. The number of phosphoric ester groups is 1. The molecule has 0 N–H and O–H groups in total. The smallest absolute Gasteiger partial charge is 0.333 e. The van der Waals surface area contributed by atoms with Gasteiger partial charge in [-0.3, -0.25) is 4.57 Å². The Morgan fingerprint density at radius 3 is 1.88 bits per heavy atom. The van der Waals surface area contributed by atoms with Gasteiger partial charge in [0.05, 0.1) is 34.4 Å². The second-order valence-electron chi connectivity index (χ2n) is 7.52. The maximum absolute atomic E-state index is 11.6. The van der Waals surface area contributed by atoms with Gasteiger partial charge in [-0.2, -0.15) is 0 Å². The summed E-state index contributed by atoms with van der Waals surface area (Å²) in [4.78, 5) is 22.7. The number of rotatable bonds is 16. The standard InChI is InChI=1S/C18H36NO6P/c1-17(2)18(20)23-14-11-9-7-6-8-10-12-15-24-26(21,22)25-16-13-19(3,4)5/h1,6-16H2,2-5H3. The quantitative estimate of drug-likeness (QED) is 0.132. The van der Waals surface area contributed by atoms with Crippen LogP contribution in [0.3, 0.4) is 0 Å². The number of likely N-dealkylation sites (N-methyl/N-ethyl adjacent to an activating group) is 1. The minimum absolute atomic E-state index is 0.131. The van der Waals surface area contributed by atoms with E-state index in [4.69, 9.17) is 13.8 Å². The summed E-state index contributed by atoms with van der Waals surface area (Å²) in [5, 5.41) is 0. The van der Waals surface area contributed by atoms with E-state index in [2.05, 4.69) is 6.58 Å². The maximum Gasteiger partial charge on any atom is 0.333 e. The second-order valence-corrected chi connectivity index (χ2v) is 8.93. The average molecular weight is 393 g/mol. The first-order chi connectivity index (χ1) is 12.0. The molecule has 0 spiro atoms. The minimum Gasteiger partial charge on any atom is -0.756 e. The Bertz CT molecular complexity index is 461. The third kappa shape index (κ3) is 16.7. The Morgan fingerprint density at radius 1 is 0.923 bits per heavy atom. The summed E-state index contributed by atoms with van der Waals surface area (Å²) >= 11 is 0. The lowest BCUT2D eigenvalue weighted by Crippen LogP contribution is -2.37. The van der Waals surface area contributed by atoms with Crippen LogP contribution in [0.5, 0.6) is 0 Å². The van der Waals surface area contributed by atoms with Crippen molar-refractivity contribution in [2.45, 2.75) is 51.9 Å². The topological polar surface area (TPSA) is 84.9 Å². The van der Waals surface area contributed by atoms with E-state index in [1.54, 1.807) is 6.92 Å². The highest BCUT2D eigenvalue weighted by Gasteiger charge is 2.12. The molecule has 0 aliphatic carbocycles. The molecule has 1 atom stereocenters. The molecule has 1 unspecified atom stereocenters. The molecule has 0 aromatic carbocycles. The van der Waals surface area contributed by atoms with Gasteiger partial charge in [-0.05, 0) is 19.8 Å². The molecule has 0 aliphatic rings. The van der Waals surface area contributed by atoms with Crippen LogP contribution in [0.15, 0.2) is 12.2 Å². The molecule has 0 aliphatic heterocycles. The van der Waals surface area contributed by atoms with Crippen molar-refractivity contribution in [3.05, 3.63) is 12.2 Å². The third-order valence-corrected chi connectivity index (χ3v) is 4.63. The monoisotopic (exact) mass is 393 g/mol. The van der Waals surface area contributed by atoms with E-state index in [0.29, 0.717) is 29.6 Å². The second kappa shape index (κ2) is 13.4. The first-order valence-electron chi connectivity index (χ1n) is 9.27. The van der Waals surface area contributed by atoms with Crippen molar-refractivity contribution in [3.63, 3.8) is 0 Å². The number of hydrogen-bond acceptors (Lipinski definition) is 6. The number of unbranched alkanes of at least 4 members (excludes halogenated alkanes) is 6. The Labute approximate surface area is 158 Å². The zero-order valence-corrected chi connectivity index (χ0v) is 17.7. The van der Waals surface area contributed by atoms with Crippen LogP contribution in [-0.4, -0.2) is 58.0 Å². The molecule has 0 saturated carbocycles. The van der Waals surface area contributed by atoms with Crippen LogP contribution in [0.1, 0.15) is 51.9 Å². The maximum atomic E-state index is 11.6. The summed E-state index contributed by atoms with van der Waals surface area (Å²) in [5.41, 5.74) is 0.425. The molecule has 0 saturated heterocycles. The van der Waals surface area contributed by atoms with E-state index in [9.17, 15) is 14.3 Å². The molecule has 8 heteroatoms. The summed E-state index contributed by atoms with van der Waals surface area (Å²) in [6, 6.07) is 0. The Morgan fingerprint density at radius 2 is 1.38 bits per heavy atom. The van der Waals surface area contributed by atoms with Crippen LogP contribution in [0.2, 0.25) is 0 Å². The lowest BCUT2D eigenvalue weighted by Gasteiger charge is -2.27. The Kier molecular flexibility index (Phi) is 13.1. The molecule has 154 valence electrons. The first-order valence-corrected chi connectivity index (χ1v) is 10.7. The highest BCUT2D eigenvalue weighted by Crippen LogP contribution is 2.38. The summed E-state index contributed by atoms with van der Waals surface area (Å²) in [5.74, 6) is -0.331. The molecule has 0 radical (unpaired) electrons. The van der Waals surface area contributed by atoms with Crippen LogP contribution < -0.4 is 4.89 Å². The summed E-state index contributed by atoms with van der Waals surface area (Å²) in [7, 11) is 1.73. The predicted molar refractivity (Wildman–Crippen MR) is 101 cm³/mol. The molecular formula is C18H36NO6P. The first kappa shape index (κ1) is 25.3. The number of carbonyl (C=O) groups is 1. The molecule has 26 heavy (non-hydrogen) atoms. The van der Waals surface area contributed by atoms with Gasteiger partial charge in [0, 0.05) is 5.57 Å².